The first-order valence-electron chi connectivity index (χ1n) is 8.93. The number of thiazole rings is 1. The summed E-state index contributed by atoms with van der Waals surface area (Å²) in [6.07, 6.45) is 1.65. The number of rotatable bonds is 8. The molecule has 0 atom stereocenters. The Kier molecular flexibility index (Phi) is 6.63. The fourth-order valence-corrected chi connectivity index (χ4v) is 4.34. The number of carbonyl (C=O) groups excluding carboxylic acids is 1. The van der Waals surface area contributed by atoms with Crippen molar-refractivity contribution in [3.63, 3.8) is 0 Å². The van der Waals surface area contributed by atoms with Crippen LogP contribution in [-0.2, 0) is 27.9 Å². The molecule has 2 aromatic carbocycles. The lowest BCUT2D eigenvalue weighted by molar-refractivity contribution is -0.119. The van der Waals surface area contributed by atoms with Crippen molar-refractivity contribution >= 4 is 38.1 Å². The second-order valence-corrected chi connectivity index (χ2v) is 9.38. The molecule has 0 fully saturated rings. The highest BCUT2D eigenvalue weighted by Crippen LogP contribution is 2.23. The van der Waals surface area contributed by atoms with Gasteiger partial charge in [-0.15, -0.1) is 11.3 Å². The van der Waals surface area contributed by atoms with Crippen molar-refractivity contribution in [1.29, 1.82) is 0 Å². The van der Waals surface area contributed by atoms with Crippen molar-refractivity contribution in [3.8, 4) is 0 Å². The maximum atomic E-state index is 12.5. The number of carbonyl (C=O) groups is 1. The second-order valence-electron chi connectivity index (χ2n) is 6.50. The fourth-order valence-electron chi connectivity index (χ4n) is 2.47. The van der Waals surface area contributed by atoms with Crippen molar-refractivity contribution in [2.75, 3.05) is 5.32 Å². The molecule has 1 heterocycles. The van der Waals surface area contributed by atoms with E-state index in [0.717, 1.165) is 16.1 Å². The molecule has 3 N–H and O–H groups in total. The molecule has 3 aromatic rings. The number of nitrogens with one attached hydrogen (secondary N) is 3. The van der Waals surface area contributed by atoms with E-state index >= 15 is 0 Å². The van der Waals surface area contributed by atoms with Gasteiger partial charge >= 0.3 is 0 Å². The Labute approximate surface area is 174 Å². The summed E-state index contributed by atoms with van der Waals surface area (Å²) in [5, 5.41) is 6.58. The zero-order valence-electron chi connectivity index (χ0n) is 16.1. The Bertz CT molecular complexity index is 1080. The van der Waals surface area contributed by atoms with Crippen LogP contribution >= 0.6 is 11.3 Å². The number of sulfonamides is 1. The Balaban J connectivity index is 1.58. The topological polar surface area (TPSA) is 100 Å². The maximum absolute atomic E-state index is 12.5. The molecular weight excluding hydrogens is 408 g/mol. The van der Waals surface area contributed by atoms with Gasteiger partial charge in [0.1, 0.15) is 0 Å². The van der Waals surface area contributed by atoms with E-state index in [0.29, 0.717) is 11.7 Å². The Hall–Kier alpha value is -2.75. The number of benzene rings is 2. The van der Waals surface area contributed by atoms with Crippen LogP contribution in [0.25, 0.3) is 0 Å². The summed E-state index contributed by atoms with van der Waals surface area (Å²) in [6.45, 7) is 3.97. The number of hydrogen-bond donors (Lipinski definition) is 3. The van der Waals surface area contributed by atoms with Gasteiger partial charge in [-0.1, -0.05) is 29.8 Å². The van der Waals surface area contributed by atoms with E-state index in [9.17, 15) is 13.2 Å². The van der Waals surface area contributed by atoms with Crippen LogP contribution in [0.4, 0.5) is 10.8 Å². The van der Waals surface area contributed by atoms with Gasteiger partial charge in [-0.25, -0.2) is 18.1 Å². The minimum absolute atomic E-state index is 0.135. The van der Waals surface area contributed by atoms with Crippen LogP contribution in [0.3, 0.4) is 0 Å². The molecule has 0 radical (unpaired) electrons. The minimum Gasteiger partial charge on any atom is -0.352 e. The van der Waals surface area contributed by atoms with Crippen LogP contribution in [0.2, 0.25) is 0 Å². The summed E-state index contributed by atoms with van der Waals surface area (Å²) in [7, 11) is -3.64. The van der Waals surface area contributed by atoms with Crippen LogP contribution in [0.5, 0.6) is 0 Å². The van der Waals surface area contributed by atoms with Crippen LogP contribution in [0.1, 0.15) is 22.9 Å². The summed E-state index contributed by atoms with van der Waals surface area (Å²) in [5.41, 5.74) is 2.93. The Morgan fingerprint density at radius 1 is 1.03 bits per heavy atom. The van der Waals surface area contributed by atoms with Gasteiger partial charge in [0.15, 0.2) is 5.13 Å². The van der Waals surface area contributed by atoms with Crippen molar-refractivity contribution in [3.05, 3.63) is 70.7 Å². The zero-order chi connectivity index (χ0) is 20.9. The average Bonchev–Trinajstić information content (AvgIpc) is 3.14. The molecule has 29 heavy (non-hydrogen) atoms. The summed E-state index contributed by atoms with van der Waals surface area (Å²) in [4.78, 5) is 16.2. The summed E-state index contributed by atoms with van der Waals surface area (Å²) >= 11 is 1.39. The summed E-state index contributed by atoms with van der Waals surface area (Å²) in [5.74, 6) is -0.135. The molecular formula is C20H22N4O3S2. The van der Waals surface area contributed by atoms with Crippen LogP contribution < -0.4 is 15.4 Å². The monoisotopic (exact) mass is 430 g/mol. The van der Waals surface area contributed by atoms with Crippen LogP contribution in [-0.4, -0.2) is 19.3 Å². The molecule has 1 amide bonds. The van der Waals surface area contributed by atoms with Gasteiger partial charge in [0.05, 0.1) is 4.90 Å². The first-order chi connectivity index (χ1) is 13.8. The van der Waals surface area contributed by atoms with Gasteiger partial charge in [0.25, 0.3) is 0 Å². The first kappa shape index (κ1) is 21.0. The third-order valence-corrected chi connectivity index (χ3v) is 6.40. The van der Waals surface area contributed by atoms with E-state index in [1.807, 2.05) is 31.2 Å². The molecule has 0 aliphatic carbocycles. The van der Waals surface area contributed by atoms with E-state index in [4.69, 9.17) is 0 Å². The summed E-state index contributed by atoms with van der Waals surface area (Å²) < 4.78 is 27.6. The molecule has 0 aliphatic heterocycles. The molecule has 0 spiro atoms. The first-order valence-corrected chi connectivity index (χ1v) is 11.2. The van der Waals surface area contributed by atoms with Gasteiger partial charge in [0.2, 0.25) is 15.9 Å². The lowest BCUT2D eigenvalue weighted by Crippen LogP contribution is -2.23. The van der Waals surface area contributed by atoms with E-state index in [2.05, 4.69) is 20.3 Å². The molecule has 3 rings (SSSR count). The molecule has 0 unspecified atom stereocenters. The highest BCUT2D eigenvalue weighted by Gasteiger charge is 2.14. The number of amides is 1. The quantitative estimate of drug-likeness (QED) is 0.509. The number of aromatic nitrogens is 1. The van der Waals surface area contributed by atoms with Crippen LogP contribution in [0, 0.1) is 6.92 Å². The molecule has 0 saturated heterocycles. The largest absolute Gasteiger partial charge is 0.352 e. The van der Waals surface area contributed by atoms with Gasteiger partial charge in [-0.3, -0.25) is 4.79 Å². The third kappa shape index (κ3) is 6.11. The molecule has 0 bridgehead atoms. The molecule has 1 aromatic heterocycles. The predicted octanol–water partition coefficient (Wildman–Crippen LogP) is 3.31. The number of nitrogens with zero attached hydrogens (tertiary/aromatic N) is 1. The SMILES string of the molecule is CC(=O)NCc1ccc(S(=O)(=O)NCc2cnc(Nc3ccc(C)cc3)s2)cc1. The average molecular weight is 431 g/mol. The van der Waals surface area contributed by atoms with Crippen molar-refractivity contribution in [1.82, 2.24) is 15.0 Å². The third-order valence-electron chi connectivity index (χ3n) is 4.07. The highest BCUT2D eigenvalue weighted by atomic mass is 32.2. The van der Waals surface area contributed by atoms with E-state index in [-0.39, 0.29) is 17.3 Å². The maximum Gasteiger partial charge on any atom is 0.240 e. The van der Waals surface area contributed by atoms with Crippen molar-refractivity contribution in [2.45, 2.75) is 31.8 Å². The molecule has 152 valence electrons. The fraction of sp³-hybridized carbons (Fsp3) is 0.200. The minimum atomic E-state index is -3.64. The van der Waals surface area contributed by atoms with E-state index in [1.165, 1.54) is 36.0 Å². The van der Waals surface area contributed by atoms with Crippen LogP contribution in [0.15, 0.2) is 59.6 Å². The zero-order valence-corrected chi connectivity index (χ0v) is 17.7. The molecule has 0 aliphatic rings. The molecule has 9 heteroatoms. The second kappa shape index (κ2) is 9.17. The highest BCUT2D eigenvalue weighted by molar-refractivity contribution is 7.89. The number of aryl methyl sites for hydroxylation is 1. The number of hydrogen-bond acceptors (Lipinski definition) is 6. The van der Waals surface area contributed by atoms with E-state index in [1.54, 1.807) is 18.3 Å². The number of anilines is 2. The standard InChI is InChI=1S/C20H22N4O3S2/c1-14-3-7-17(8-4-14)24-20-22-12-18(28-20)13-23-29(26,27)19-9-5-16(6-10-19)11-21-15(2)25/h3-10,12,23H,11,13H2,1-2H3,(H,21,25)(H,22,24). The molecule has 0 saturated carbocycles. The van der Waals surface area contributed by atoms with E-state index < -0.39 is 10.0 Å². The van der Waals surface area contributed by atoms with Gasteiger partial charge < -0.3 is 10.6 Å². The lowest BCUT2D eigenvalue weighted by atomic mass is 10.2. The normalized spacial score (nSPS) is 11.2. The van der Waals surface area contributed by atoms with Crippen molar-refractivity contribution in [2.24, 2.45) is 0 Å². The van der Waals surface area contributed by atoms with Gasteiger partial charge in [0, 0.05) is 36.8 Å². The summed E-state index contributed by atoms with van der Waals surface area (Å²) in [6, 6.07) is 14.4. The smallest absolute Gasteiger partial charge is 0.240 e. The Morgan fingerprint density at radius 2 is 1.72 bits per heavy atom. The molecule has 7 nitrogen and oxygen atoms in total. The van der Waals surface area contributed by atoms with Gasteiger partial charge in [-0.05, 0) is 36.8 Å². The van der Waals surface area contributed by atoms with Gasteiger partial charge in [-0.2, -0.15) is 0 Å². The lowest BCUT2D eigenvalue weighted by Gasteiger charge is -2.07. The Morgan fingerprint density at radius 3 is 2.38 bits per heavy atom. The van der Waals surface area contributed by atoms with Crippen molar-refractivity contribution < 1.29 is 13.2 Å². The predicted molar refractivity (Wildman–Crippen MR) is 115 cm³/mol.